The maximum atomic E-state index is 12.9. The molecule has 0 aromatic carbocycles. The number of likely N-dealkylation sites (tertiary alicyclic amines) is 1. The molecule has 24 heavy (non-hydrogen) atoms. The van der Waals surface area contributed by atoms with Gasteiger partial charge in [-0.15, -0.1) is 0 Å². The fourth-order valence-corrected chi connectivity index (χ4v) is 5.27. The summed E-state index contributed by atoms with van der Waals surface area (Å²) in [5.41, 5.74) is 2.77. The van der Waals surface area contributed by atoms with Crippen LogP contribution in [0.15, 0.2) is 35.7 Å². The number of amides is 1. The lowest BCUT2D eigenvalue weighted by atomic mass is 9.74. The van der Waals surface area contributed by atoms with Gasteiger partial charge in [0, 0.05) is 36.3 Å². The highest BCUT2D eigenvalue weighted by molar-refractivity contribution is 5.77. The van der Waals surface area contributed by atoms with E-state index < -0.39 is 0 Å². The minimum atomic E-state index is 0.0876. The smallest absolute Gasteiger partial charge is 0.223 e. The zero-order valence-corrected chi connectivity index (χ0v) is 14.9. The molecule has 1 saturated carbocycles. The van der Waals surface area contributed by atoms with Crippen molar-refractivity contribution < 1.29 is 4.79 Å². The molecule has 3 heteroatoms. The fraction of sp³-hybridized carbons (Fsp3) is 0.667. The number of nitrogens with zero attached hydrogens (tertiary/aromatic N) is 1. The van der Waals surface area contributed by atoms with E-state index in [-0.39, 0.29) is 5.41 Å². The van der Waals surface area contributed by atoms with Crippen LogP contribution in [0.1, 0.15) is 64.7 Å². The molecular formula is C21H30N2O. The molecular weight excluding hydrogens is 296 g/mol. The molecule has 0 aromatic rings. The van der Waals surface area contributed by atoms with Crippen molar-refractivity contribution in [1.29, 1.82) is 0 Å². The van der Waals surface area contributed by atoms with Crippen molar-refractivity contribution in [3.05, 3.63) is 35.7 Å². The molecule has 0 spiro atoms. The minimum absolute atomic E-state index is 0.0876. The highest BCUT2D eigenvalue weighted by Crippen LogP contribution is 2.45. The van der Waals surface area contributed by atoms with Gasteiger partial charge in [0.15, 0.2) is 0 Å². The third-order valence-corrected chi connectivity index (χ3v) is 6.80. The molecule has 3 atom stereocenters. The number of nitrogens with one attached hydrogen (secondary N) is 1. The van der Waals surface area contributed by atoms with Crippen molar-refractivity contribution in [2.45, 2.75) is 70.8 Å². The number of rotatable bonds is 3. The highest BCUT2D eigenvalue weighted by Gasteiger charge is 2.39. The van der Waals surface area contributed by atoms with Gasteiger partial charge in [-0.2, -0.15) is 0 Å². The lowest BCUT2D eigenvalue weighted by Gasteiger charge is -2.44. The van der Waals surface area contributed by atoms with E-state index in [2.05, 4.69) is 41.6 Å². The third-order valence-electron chi connectivity index (χ3n) is 6.80. The minimum Gasteiger partial charge on any atom is -0.364 e. The lowest BCUT2D eigenvalue weighted by Crippen LogP contribution is -2.49. The van der Waals surface area contributed by atoms with Crippen molar-refractivity contribution in [2.24, 2.45) is 11.3 Å². The number of hydrogen-bond donors (Lipinski definition) is 1. The summed E-state index contributed by atoms with van der Waals surface area (Å²) < 4.78 is 0. The Morgan fingerprint density at radius 3 is 3.04 bits per heavy atom. The summed E-state index contributed by atoms with van der Waals surface area (Å²) in [6.07, 6.45) is 19.1. The van der Waals surface area contributed by atoms with Crippen LogP contribution in [0.4, 0.5) is 0 Å². The van der Waals surface area contributed by atoms with Crippen LogP contribution in [0.5, 0.6) is 0 Å². The van der Waals surface area contributed by atoms with Crippen LogP contribution in [-0.2, 0) is 4.79 Å². The Balaban J connectivity index is 1.38. The summed E-state index contributed by atoms with van der Waals surface area (Å²) in [6.45, 7) is 3.29. The van der Waals surface area contributed by atoms with E-state index in [0.29, 0.717) is 18.4 Å². The molecule has 0 radical (unpaired) electrons. The van der Waals surface area contributed by atoms with Gasteiger partial charge in [-0.3, -0.25) is 4.79 Å². The van der Waals surface area contributed by atoms with E-state index in [0.717, 1.165) is 25.3 Å². The van der Waals surface area contributed by atoms with Gasteiger partial charge in [-0.25, -0.2) is 0 Å². The maximum Gasteiger partial charge on any atom is 0.223 e. The van der Waals surface area contributed by atoms with Gasteiger partial charge in [-0.1, -0.05) is 25.0 Å². The summed E-state index contributed by atoms with van der Waals surface area (Å²) in [7, 11) is 0. The zero-order valence-electron chi connectivity index (χ0n) is 14.9. The van der Waals surface area contributed by atoms with Crippen LogP contribution in [0, 0.1) is 11.3 Å². The maximum absolute atomic E-state index is 12.9. The molecule has 3 nitrogen and oxygen atoms in total. The second-order valence-electron chi connectivity index (χ2n) is 8.20. The van der Waals surface area contributed by atoms with Gasteiger partial charge in [0.1, 0.15) is 0 Å². The normalized spacial score (nSPS) is 34.8. The fourth-order valence-electron chi connectivity index (χ4n) is 5.27. The Morgan fingerprint density at radius 1 is 1.29 bits per heavy atom. The number of fused-ring (bicyclic) bond motifs is 2. The average molecular weight is 326 g/mol. The first kappa shape index (κ1) is 16.0. The molecule has 0 aromatic heterocycles. The molecule has 4 aliphatic rings. The van der Waals surface area contributed by atoms with E-state index in [1.165, 1.54) is 49.8 Å². The summed E-state index contributed by atoms with van der Waals surface area (Å²) in [5, 5.41) is 3.42. The Labute approximate surface area is 145 Å². The van der Waals surface area contributed by atoms with Crippen LogP contribution in [0.2, 0.25) is 0 Å². The monoisotopic (exact) mass is 326 g/mol. The van der Waals surface area contributed by atoms with Crippen molar-refractivity contribution >= 4 is 5.91 Å². The number of carbonyl (C=O) groups is 1. The van der Waals surface area contributed by atoms with E-state index in [1.807, 2.05) is 0 Å². The van der Waals surface area contributed by atoms with Crippen molar-refractivity contribution in [3.8, 4) is 0 Å². The number of piperidine rings is 1. The molecule has 1 saturated heterocycles. The molecule has 3 unspecified atom stereocenters. The van der Waals surface area contributed by atoms with Crippen LogP contribution in [0.25, 0.3) is 0 Å². The largest absolute Gasteiger partial charge is 0.364 e. The Morgan fingerprint density at radius 2 is 2.12 bits per heavy atom. The standard InChI is InChI=1S/C21H30N2O/c1-21-13-5-4-10-19(21)22-15-17(21)11-12-20(24)23-14-6-8-16-7-2-3-9-18(16)23/h4-5,10,15-16,18,22H,2-3,6-9,11-14H2,1H3. The summed E-state index contributed by atoms with van der Waals surface area (Å²) in [5.74, 6) is 1.17. The number of carbonyl (C=O) groups excluding carboxylic acids is 1. The predicted octanol–water partition coefficient (Wildman–Crippen LogP) is 4.29. The Kier molecular flexibility index (Phi) is 4.28. The van der Waals surface area contributed by atoms with Gasteiger partial charge >= 0.3 is 0 Å². The van der Waals surface area contributed by atoms with Gasteiger partial charge in [0.2, 0.25) is 5.91 Å². The van der Waals surface area contributed by atoms with Gasteiger partial charge in [-0.05, 0) is 63.0 Å². The molecule has 0 bridgehead atoms. The summed E-state index contributed by atoms with van der Waals surface area (Å²) >= 11 is 0. The molecule has 1 N–H and O–H groups in total. The van der Waals surface area contributed by atoms with E-state index in [4.69, 9.17) is 0 Å². The van der Waals surface area contributed by atoms with Crippen LogP contribution < -0.4 is 5.32 Å². The summed E-state index contributed by atoms with van der Waals surface area (Å²) in [4.78, 5) is 15.2. The van der Waals surface area contributed by atoms with Crippen LogP contribution in [0.3, 0.4) is 0 Å². The predicted molar refractivity (Wildman–Crippen MR) is 97.1 cm³/mol. The van der Waals surface area contributed by atoms with Crippen molar-refractivity contribution in [1.82, 2.24) is 10.2 Å². The number of allylic oxidation sites excluding steroid dienone is 4. The third kappa shape index (κ3) is 2.72. The van der Waals surface area contributed by atoms with Gasteiger partial charge < -0.3 is 10.2 Å². The molecule has 2 aliphatic carbocycles. The van der Waals surface area contributed by atoms with Crippen molar-refractivity contribution in [3.63, 3.8) is 0 Å². The first-order valence-corrected chi connectivity index (χ1v) is 9.81. The molecule has 2 aliphatic heterocycles. The Hall–Kier alpha value is -1.51. The molecule has 130 valence electrons. The van der Waals surface area contributed by atoms with Crippen LogP contribution in [-0.4, -0.2) is 23.4 Å². The quantitative estimate of drug-likeness (QED) is 0.839. The zero-order chi connectivity index (χ0) is 16.6. The molecule has 4 rings (SSSR count). The Bertz CT molecular complexity index is 601. The number of hydrogen-bond acceptors (Lipinski definition) is 2. The second-order valence-corrected chi connectivity index (χ2v) is 8.20. The molecule has 1 amide bonds. The lowest BCUT2D eigenvalue weighted by molar-refractivity contribution is -0.137. The SMILES string of the molecule is CC12CC=CC=C1NC=C2CCC(=O)N1CCCC2CCCCC21. The molecule has 2 fully saturated rings. The second kappa shape index (κ2) is 6.42. The van der Waals surface area contributed by atoms with E-state index in [1.54, 1.807) is 0 Å². The molecule has 2 heterocycles. The first-order valence-electron chi connectivity index (χ1n) is 9.81. The summed E-state index contributed by atoms with van der Waals surface area (Å²) in [6, 6.07) is 0.541. The topological polar surface area (TPSA) is 32.3 Å². The first-order chi connectivity index (χ1) is 11.7. The van der Waals surface area contributed by atoms with E-state index in [9.17, 15) is 4.79 Å². The highest BCUT2D eigenvalue weighted by atomic mass is 16.2. The van der Waals surface area contributed by atoms with Gasteiger partial charge in [0.05, 0.1) is 0 Å². The average Bonchev–Trinajstić information content (AvgIpc) is 2.95. The van der Waals surface area contributed by atoms with Gasteiger partial charge in [0.25, 0.3) is 0 Å². The van der Waals surface area contributed by atoms with Crippen LogP contribution >= 0.6 is 0 Å². The van der Waals surface area contributed by atoms with Crippen molar-refractivity contribution in [2.75, 3.05) is 6.54 Å². The van der Waals surface area contributed by atoms with E-state index >= 15 is 0 Å².